The van der Waals surface area contributed by atoms with Crippen molar-refractivity contribution in [2.45, 2.75) is 25.4 Å². The Kier molecular flexibility index (Phi) is 11.6. The predicted molar refractivity (Wildman–Crippen MR) is 126 cm³/mol. The first-order valence-electron chi connectivity index (χ1n) is 10.2. The van der Waals surface area contributed by atoms with E-state index in [4.69, 9.17) is 25.9 Å². The van der Waals surface area contributed by atoms with Crippen LogP contribution in [0, 0.1) is 12.3 Å². The second-order valence-electron chi connectivity index (χ2n) is 7.14. The van der Waals surface area contributed by atoms with Crippen molar-refractivity contribution in [3.8, 4) is 0 Å². The minimum absolute atomic E-state index is 0.0541. The van der Waals surface area contributed by atoms with Crippen molar-refractivity contribution in [1.29, 1.82) is 5.41 Å². The molecule has 2 aromatic rings. The topological polar surface area (TPSA) is 206 Å². The summed E-state index contributed by atoms with van der Waals surface area (Å²) >= 11 is 0. The van der Waals surface area contributed by atoms with Crippen LogP contribution in [0.4, 0.5) is 18.9 Å². The van der Waals surface area contributed by atoms with Crippen LogP contribution in [0.5, 0.6) is 0 Å². The Hall–Kier alpha value is -4.12. The van der Waals surface area contributed by atoms with Gasteiger partial charge in [0.2, 0.25) is 21.9 Å². The highest BCUT2D eigenvalue weighted by molar-refractivity contribution is 7.91. The highest BCUT2D eigenvalue weighted by Crippen LogP contribution is 2.13. The van der Waals surface area contributed by atoms with Crippen molar-refractivity contribution in [3.05, 3.63) is 64.1 Å². The molecule has 0 aliphatic rings. The van der Waals surface area contributed by atoms with Crippen LogP contribution < -0.4 is 26.8 Å². The number of aliphatic carboxylic acids is 1. The maximum absolute atomic E-state index is 12.7. The number of anilines is 1. The van der Waals surface area contributed by atoms with Gasteiger partial charge in [-0.15, -0.1) is 0 Å². The summed E-state index contributed by atoms with van der Waals surface area (Å²) < 4.78 is 60.0. The summed E-state index contributed by atoms with van der Waals surface area (Å²) in [5, 5.41) is 16.6. The van der Waals surface area contributed by atoms with Crippen LogP contribution >= 0.6 is 0 Å². The van der Waals surface area contributed by atoms with Crippen LogP contribution in [0.25, 0.3) is 0 Å². The molecule has 2 rings (SSSR count). The summed E-state index contributed by atoms with van der Waals surface area (Å²) in [5.41, 5.74) is 7.48. The molecule has 1 heterocycles. The molecule has 0 radical (unpaired) electrons. The molecular weight excluding hydrogens is 525 g/mol. The molecule has 1 aromatic heterocycles. The molecule has 1 aromatic carbocycles. The van der Waals surface area contributed by atoms with Gasteiger partial charge < -0.3 is 20.7 Å². The lowest BCUT2D eigenvalue weighted by atomic mass is 10.2. The van der Waals surface area contributed by atoms with E-state index in [2.05, 4.69) is 15.5 Å². The highest BCUT2D eigenvalue weighted by Gasteiger charge is 2.38. The van der Waals surface area contributed by atoms with Crippen LogP contribution in [-0.2, 0) is 36.7 Å². The van der Waals surface area contributed by atoms with Gasteiger partial charge in [0, 0.05) is 12.2 Å². The number of pyridine rings is 1. The lowest BCUT2D eigenvalue weighted by Crippen LogP contribution is -2.37. The molecule has 0 aliphatic heterocycles. The second kappa shape index (κ2) is 13.8. The van der Waals surface area contributed by atoms with E-state index < -0.39 is 33.6 Å². The number of nitrogens with zero attached hydrogens (tertiary/aromatic N) is 1. The van der Waals surface area contributed by atoms with E-state index in [1.807, 2.05) is 0 Å². The number of benzene rings is 1. The van der Waals surface area contributed by atoms with Gasteiger partial charge in [-0.25, -0.2) is 18.7 Å². The van der Waals surface area contributed by atoms with Crippen LogP contribution in [0.15, 0.2) is 47.3 Å². The number of halogens is 3. The summed E-state index contributed by atoms with van der Waals surface area (Å²) in [6.45, 7) is 1.52. The summed E-state index contributed by atoms with van der Waals surface area (Å²) in [6, 6.07) is 11.5. The van der Waals surface area contributed by atoms with Gasteiger partial charge in [0.1, 0.15) is 12.2 Å². The number of hydrogen-bond donors (Lipinski definition) is 6. The third kappa shape index (κ3) is 11.9. The monoisotopic (exact) mass is 550 g/mol. The van der Waals surface area contributed by atoms with Crippen molar-refractivity contribution in [3.63, 3.8) is 0 Å². The number of carbonyl (C=O) groups excluding carboxylic acids is 1. The Bertz CT molecular complexity index is 1250. The lowest BCUT2D eigenvalue weighted by molar-refractivity contribution is -0.192. The Morgan fingerprint density at radius 2 is 1.76 bits per heavy atom. The summed E-state index contributed by atoms with van der Waals surface area (Å²) in [6.07, 6.45) is -5.08. The number of carbonyl (C=O) groups is 2. The number of carboxylic acid groups (broad SMARTS) is 1. The average molecular weight is 551 g/mol. The maximum Gasteiger partial charge on any atom is 0.490 e. The number of sulfonamides is 1. The molecule has 37 heavy (non-hydrogen) atoms. The molecular formula is C20H25F3N6O7S. The quantitative estimate of drug-likeness (QED) is 0.104. The molecule has 0 saturated carbocycles. The van der Waals surface area contributed by atoms with Crippen molar-refractivity contribution in [1.82, 2.24) is 15.4 Å². The first kappa shape index (κ1) is 30.9. The van der Waals surface area contributed by atoms with Gasteiger partial charge in [-0.2, -0.15) is 13.2 Å². The number of hydrogen-bond acceptors (Lipinski definition) is 7. The number of aryl methyl sites for hydroxylation is 1. The van der Waals surface area contributed by atoms with Crippen LogP contribution in [0.1, 0.15) is 11.3 Å². The number of alkyl halides is 3. The van der Waals surface area contributed by atoms with Gasteiger partial charge in [0.15, 0.2) is 0 Å². The van der Waals surface area contributed by atoms with E-state index in [1.54, 1.807) is 43.3 Å². The Balaban J connectivity index is 0.000000856. The number of guanidine groups is 1. The summed E-state index contributed by atoms with van der Waals surface area (Å²) in [4.78, 5) is 38.5. The number of amides is 1. The van der Waals surface area contributed by atoms with E-state index >= 15 is 0 Å². The molecule has 0 unspecified atom stereocenters. The van der Waals surface area contributed by atoms with Crippen molar-refractivity contribution >= 4 is 33.5 Å². The van der Waals surface area contributed by atoms with E-state index in [-0.39, 0.29) is 37.1 Å². The Labute approximate surface area is 208 Å². The number of rotatable bonds is 10. The molecule has 0 aliphatic carbocycles. The predicted octanol–water partition coefficient (Wildman–Crippen LogP) is 0.263. The lowest BCUT2D eigenvalue weighted by Gasteiger charge is -2.13. The number of aromatic nitrogens is 1. The van der Waals surface area contributed by atoms with E-state index in [0.29, 0.717) is 11.3 Å². The van der Waals surface area contributed by atoms with Crippen LogP contribution in [0.3, 0.4) is 0 Å². The molecule has 0 fully saturated rings. The summed E-state index contributed by atoms with van der Waals surface area (Å²) in [5.74, 6) is -3.87. The third-order valence-corrected chi connectivity index (χ3v) is 5.35. The zero-order valence-corrected chi connectivity index (χ0v) is 20.1. The van der Waals surface area contributed by atoms with Crippen molar-refractivity contribution in [2.24, 2.45) is 5.73 Å². The van der Waals surface area contributed by atoms with Crippen LogP contribution in [-0.4, -0.2) is 55.3 Å². The van der Waals surface area contributed by atoms with Gasteiger partial charge in [-0.05, 0) is 24.6 Å². The fourth-order valence-electron chi connectivity index (χ4n) is 2.51. The summed E-state index contributed by atoms with van der Waals surface area (Å²) in [7, 11) is -3.81. The van der Waals surface area contributed by atoms with Gasteiger partial charge in [0.25, 0.3) is 5.56 Å². The number of nitrogens with two attached hydrogens (primary N) is 1. The first-order chi connectivity index (χ1) is 17.1. The first-order valence-corrected chi connectivity index (χ1v) is 11.8. The van der Waals surface area contributed by atoms with E-state index in [1.165, 1.54) is 10.6 Å². The minimum atomic E-state index is -5.08. The molecule has 0 saturated heterocycles. The minimum Gasteiger partial charge on any atom is -0.475 e. The SMILES string of the molecule is Cc1ccc(NS(=O)(=O)Cc2ccccc2)c(=O)n1CC(=O)NCCONC(=N)N.O=C(O)C(F)(F)F. The van der Waals surface area contributed by atoms with E-state index in [0.717, 1.165) is 0 Å². The Morgan fingerprint density at radius 1 is 1.16 bits per heavy atom. The molecule has 0 spiro atoms. The molecule has 0 atom stereocenters. The molecule has 17 heteroatoms. The van der Waals surface area contributed by atoms with Gasteiger partial charge in [-0.3, -0.25) is 24.6 Å². The zero-order chi connectivity index (χ0) is 28.2. The van der Waals surface area contributed by atoms with Gasteiger partial charge >= 0.3 is 12.1 Å². The Morgan fingerprint density at radius 3 is 2.30 bits per heavy atom. The number of nitrogens with one attached hydrogen (secondary N) is 4. The fourth-order valence-corrected chi connectivity index (χ4v) is 3.71. The van der Waals surface area contributed by atoms with Crippen LogP contribution in [0.2, 0.25) is 0 Å². The molecule has 7 N–H and O–H groups in total. The van der Waals surface area contributed by atoms with Gasteiger partial charge in [0.05, 0.1) is 12.4 Å². The van der Waals surface area contributed by atoms with Gasteiger partial charge in [-0.1, -0.05) is 30.3 Å². The number of carboxylic acids is 1. The fraction of sp³-hybridized carbons (Fsp3) is 0.300. The molecule has 13 nitrogen and oxygen atoms in total. The average Bonchev–Trinajstić information content (AvgIpc) is 2.78. The largest absolute Gasteiger partial charge is 0.490 e. The van der Waals surface area contributed by atoms with Crippen molar-refractivity contribution in [2.75, 3.05) is 17.9 Å². The smallest absolute Gasteiger partial charge is 0.475 e. The molecule has 0 bridgehead atoms. The van der Waals surface area contributed by atoms with Crippen molar-refractivity contribution < 1.29 is 41.1 Å². The normalized spacial score (nSPS) is 11.0. The number of hydroxylamine groups is 1. The highest BCUT2D eigenvalue weighted by atomic mass is 32.2. The standard InChI is InChI=1S/C18H24N6O5S.C2HF3O2/c1-13-7-8-15(23-30(27,28)12-14-5-3-2-4-6-14)17(26)24(13)11-16(25)21-9-10-29-22-18(19)20;3-2(4,5)1(6)7/h2-8,23H,9-12H2,1H3,(H,21,25)(H4,19,20,22);(H,6,7). The third-order valence-electron chi connectivity index (χ3n) is 4.11. The molecule has 204 valence electrons. The molecule has 1 amide bonds. The zero-order valence-electron chi connectivity index (χ0n) is 19.3. The second-order valence-corrected chi connectivity index (χ2v) is 8.87. The van der Waals surface area contributed by atoms with E-state index in [9.17, 15) is 31.2 Å². The maximum atomic E-state index is 12.7.